The molecule has 0 bridgehead atoms. The van der Waals surface area contributed by atoms with E-state index in [9.17, 15) is 4.39 Å². The molecule has 1 aliphatic carbocycles. The maximum Gasteiger partial charge on any atom is 0.0954 e. The summed E-state index contributed by atoms with van der Waals surface area (Å²) in [4.78, 5) is 0. The molecule has 1 nitrogen and oxygen atoms in total. The number of alkyl halides is 1. The summed E-state index contributed by atoms with van der Waals surface area (Å²) in [7, 11) is 0. The van der Waals surface area contributed by atoms with E-state index >= 15 is 0 Å². The fourth-order valence-corrected chi connectivity index (χ4v) is 1.87. The Morgan fingerprint density at radius 3 is 3.11 bits per heavy atom. The maximum atomic E-state index is 12.3. The number of piperidine rings is 1. The van der Waals surface area contributed by atoms with Gasteiger partial charge in [-0.25, -0.2) is 0 Å². The molecular formula is C7H12FN. The van der Waals surface area contributed by atoms with Crippen LogP contribution >= 0.6 is 0 Å². The second-order valence-electron chi connectivity index (χ2n) is 3.35. The lowest BCUT2D eigenvalue weighted by Crippen LogP contribution is -2.30. The van der Waals surface area contributed by atoms with Crippen molar-refractivity contribution >= 4 is 0 Å². The molecule has 0 radical (unpaired) electrons. The highest BCUT2D eigenvalue weighted by molar-refractivity contribution is 5.05. The Bertz CT molecular complexity index is 126. The highest BCUT2D eigenvalue weighted by Gasteiger charge is 2.54. The van der Waals surface area contributed by atoms with Gasteiger partial charge in [0.25, 0.3) is 0 Å². The number of hydrogen-bond donors (Lipinski definition) is 1. The minimum atomic E-state index is -0.0840. The molecule has 0 aromatic carbocycles. The molecule has 2 atom stereocenters. The van der Waals surface area contributed by atoms with Gasteiger partial charge < -0.3 is 5.32 Å². The zero-order valence-electron chi connectivity index (χ0n) is 5.49. The average Bonchev–Trinajstić information content (AvgIpc) is 2.62. The number of halogens is 1. The van der Waals surface area contributed by atoms with Crippen molar-refractivity contribution < 1.29 is 4.39 Å². The van der Waals surface area contributed by atoms with E-state index in [0.717, 1.165) is 25.9 Å². The van der Waals surface area contributed by atoms with Crippen molar-refractivity contribution in [1.82, 2.24) is 5.32 Å². The summed E-state index contributed by atoms with van der Waals surface area (Å²) in [6.07, 6.45) is 2.20. The van der Waals surface area contributed by atoms with Crippen molar-refractivity contribution in [2.75, 3.05) is 19.8 Å². The molecule has 52 valence electrons. The Hall–Kier alpha value is -0.110. The van der Waals surface area contributed by atoms with Crippen molar-refractivity contribution in [2.24, 2.45) is 11.3 Å². The smallest absolute Gasteiger partial charge is 0.0954 e. The van der Waals surface area contributed by atoms with Gasteiger partial charge in [0, 0.05) is 5.41 Å². The molecule has 9 heavy (non-hydrogen) atoms. The Labute approximate surface area is 54.6 Å². The second kappa shape index (κ2) is 1.69. The van der Waals surface area contributed by atoms with Crippen molar-refractivity contribution in [2.45, 2.75) is 12.8 Å². The van der Waals surface area contributed by atoms with Gasteiger partial charge in [0.2, 0.25) is 0 Å². The normalized spacial score (nSPS) is 48.3. The summed E-state index contributed by atoms with van der Waals surface area (Å²) >= 11 is 0. The molecule has 1 N–H and O–H groups in total. The third-order valence-electron chi connectivity index (χ3n) is 2.82. The molecule has 2 rings (SSSR count). The summed E-state index contributed by atoms with van der Waals surface area (Å²) in [5.74, 6) is 0.677. The summed E-state index contributed by atoms with van der Waals surface area (Å²) in [6.45, 7) is 2.00. The molecule has 1 saturated carbocycles. The predicted molar refractivity (Wildman–Crippen MR) is 34.0 cm³/mol. The Balaban J connectivity index is 2.01. The summed E-state index contributed by atoms with van der Waals surface area (Å²) in [6, 6.07) is 0. The van der Waals surface area contributed by atoms with Crippen LogP contribution in [0.2, 0.25) is 0 Å². The third kappa shape index (κ3) is 0.692. The number of fused-ring (bicyclic) bond motifs is 1. The zero-order valence-corrected chi connectivity index (χ0v) is 5.49. The lowest BCUT2D eigenvalue weighted by Gasteiger charge is -2.18. The van der Waals surface area contributed by atoms with Gasteiger partial charge >= 0.3 is 0 Å². The second-order valence-corrected chi connectivity index (χ2v) is 3.35. The molecule has 0 amide bonds. The topological polar surface area (TPSA) is 12.0 Å². The van der Waals surface area contributed by atoms with Crippen LogP contribution in [-0.4, -0.2) is 19.8 Å². The zero-order chi connectivity index (χ0) is 6.32. The van der Waals surface area contributed by atoms with E-state index in [0.29, 0.717) is 5.92 Å². The first-order chi connectivity index (χ1) is 4.37. The molecule has 0 unspecified atom stereocenters. The van der Waals surface area contributed by atoms with Gasteiger partial charge in [-0.1, -0.05) is 0 Å². The molecule has 2 fully saturated rings. The molecule has 1 saturated heterocycles. The van der Waals surface area contributed by atoms with Crippen LogP contribution in [0.25, 0.3) is 0 Å². The van der Waals surface area contributed by atoms with Gasteiger partial charge in [0.1, 0.15) is 0 Å². The van der Waals surface area contributed by atoms with E-state index in [4.69, 9.17) is 0 Å². The lowest BCUT2D eigenvalue weighted by molar-refractivity contribution is 0.268. The Morgan fingerprint density at radius 2 is 2.56 bits per heavy atom. The largest absolute Gasteiger partial charge is 0.316 e. The first-order valence-electron chi connectivity index (χ1n) is 3.64. The SMILES string of the molecule is FC[C@]12CCNC[C@H]1C2. The van der Waals surface area contributed by atoms with E-state index in [1.165, 1.54) is 0 Å². The first-order valence-corrected chi connectivity index (χ1v) is 3.64. The lowest BCUT2D eigenvalue weighted by atomic mass is 9.98. The maximum absolute atomic E-state index is 12.3. The monoisotopic (exact) mass is 129 g/mol. The van der Waals surface area contributed by atoms with Crippen LogP contribution < -0.4 is 5.32 Å². The molecule has 1 aliphatic heterocycles. The van der Waals surface area contributed by atoms with Crippen molar-refractivity contribution in [3.05, 3.63) is 0 Å². The number of hydrogen-bond acceptors (Lipinski definition) is 1. The quantitative estimate of drug-likeness (QED) is 0.556. The van der Waals surface area contributed by atoms with Crippen LogP contribution in [0, 0.1) is 11.3 Å². The predicted octanol–water partition coefficient (Wildman–Crippen LogP) is 0.956. The number of rotatable bonds is 1. The van der Waals surface area contributed by atoms with Gasteiger partial charge in [-0.05, 0) is 31.8 Å². The van der Waals surface area contributed by atoms with Gasteiger partial charge in [0.15, 0.2) is 0 Å². The Morgan fingerprint density at radius 1 is 1.67 bits per heavy atom. The molecule has 2 aliphatic rings. The highest BCUT2D eigenvalue weighted by Crippen LogP contribution is 2.56. The highest BCUT2D eigenvalue weighted by atomic mass is 19.1. The van der Waals surface area contributed by atoms with Gasteiger partial charge in [-0.3, -0.25) is 4.39 Å². The van der Waals surface area contributed by atoms with E-state index < -0.39 is 0 Å². The van der Waals surface area contributed by atoms with Crippen LogP contribution in [0.4, 0.5) is 4.39 Å². The fraction of sp³-hybridized carbons (Fsp3) is 1.00. The molecule has 0 aromatic rings. The van der Waals surface area contributed by atoms with Gasteiger partial charge in [-0.15, -0.1) is 0 Å². The van der Waals surface area contributed by atoms with Crippen molar-refractivity contribution in [3.8, 4) is 0 Å². The molecular weight excluding hydrogens is 117 g/mol. The van der Waals surface area contributed by atoms with Gasteiger partial charge in [-0.2, -0.15) is 0 Å². The van der Waals surface area contributed by atoms with Crippen LogP contribution in [0.3, 0.4) is 0 Å². The molecule has 0 aromatic heterocycles. The van der Waals surface area contributed by atoms with Gasteiger partial charge in [0.05, 0.1) is 6.67 Å². The molecule has 1 heterocycles. The van der Waals surface area contributed by atoms with Crippen LogP contribution in [0.1, 0.15) is 12.8 Å². The van der Waals surface area contributed by atoms with E-state index in [-0.39, 0.29) is 12.1 Å². The minimum Gasteiger partial charge on any atom is -0.316 e. The number of nitrogens with one attached hydrogen (secondary N) is 1. The van der Waals surface area contributed by atoms with Crippen molar-refractivity contribution in [3.63, 3.8) is 0 Å². The molecule has 2 heteroatoms. The van der Waals surface area contributed by atoms with Crippen molar-refractivity contribution in [1.29, 1.82) is 0 Å². The first kappa shape index (κ1) is 5.66. The third-order valence-corrected chi connectivity index (χ3v) is 2.82. The fourth-order valence-electron chi connectivity index (χ4n) is 1.87. The summed E-state index contributed by atoms with van der Waals surface area (Å²) < 4.78 is 12.3. The minimum absolute atomic E-state index is 0.0840. The van der Waals surface area contributed by atoms with E-state index in [1.54, 1.807) is 0 Å². The van der Waals surface area contributed by atoms with Crippen LogP contribution in [0.15, 0.2) is 0 Å². The van der Waals surface area contributed by atoms with E-state index in [1.807, 2.05) is 0 Å². The summed E-state index contributed by atoms with van der Waals surface area (Å²) in [5.41, 5.74) is 0.158. The average molecular weight is 129 g/mol. The summed E-state index contributed by atoms with van der Waals surface area (Å²) in [5, 5.41) is 3.27. The van der Waals surface area contributed by atoms with Crippen LogP contribution in [-0.2, 0) is 0 Å². The Kier molecular flexibility index (Phi) is 1.06. The standard InChI is InChI=1S/C7H12FN/c8-5-7-1-2-9-4-6(7)3-7/h6,9H,1-5H2/t6-,7-/m1/s1. The van der Waals surface area contributed by atoms with E-state index in [2.05, 4.69) is 5.32 Å². The molecule has 0 spiro atoms. The van der Waals surface area contributed by atoms with Crippen LogP contribution in [0.5, 0.6) is 0 Å².